The van der Waals surface area contributed by atoms with Crippen molar-refractivity contribution in [2.24, 2.45) is 0 Å². The van der Waals surface area contributed by atoms with Crippen molar-refractivity contribution in [2.45, 2.75) is 0 Å². The van der Waals surface area contributed by atoms with E-state index >= 15 is 0 Å². The number of carbonyl (C=O) groups is 1. The third-order valence-electron chi connectivity index (χ3n) is 2.33. The van der Waals surface area contributed by atoms with E-state index in [1.54, 1.807) is 13.2 Å². The molecule has 0 fully saturated rings. The SMILES string of the molecule is COC(=O)c1cc2c(OC)ccc(I)c2[nH]1. The minimum atomic E-state index is -0.381. The molecule has 0 bridgehead atoms. The first-order chi connectivity index (χ1) is 7.67. The van der Waals surface area contributed by atoms with Crippen LogP contribution in [0.4, 0.5) is 0 Å². The van der Waals surface area contributed by atoms with Crippen LogP contribution in [0.25, 0.3) is 10.9 Å². The molecule has 1 aromatic heterocycles. The molecule has 0 spiro atoms. The number of methoxy groups -OCH3 is 2. The van der Waals surface area contributed by atoms with E-state index in [1.165, 1.54) is 7.11 Å². The maximum atomic E-state index is 11.4. The third kappa shape index (κ3) is 1.75. The standard InChI is InChI=1S/C11H10INO3/c1-15-9-4-3-7(12)10-6(9)5-8(13-10)11(14)16-2/h3-5,13H,1-2H3. The first kappa shape index (κ1) is 11.3. The maximum absolute atomic E-state index is 11.4. The summed E-state index contributed by atoms with van der Waals surface area (Å²) in [6, 6.07) is 5.54. The van der Waals surface area contributed by atoms with Crippen LogP contribution in [0, 0.1) is 3.57 Å². The Labute approximate surface area is 106 Å². The number of aromatic nitrogens is 1. The van der Waals surface area contributed by atoms with Gasteiger partial charge in [0.05, 0.1) is 19.7 Å². The Bertz CT molecular complexity index is 547. The summed E-state index contributed by atoms with van der Waals surface area (Å²) in [5, 5.41) is 0.884. The molecule has 0 unspecified atom stereocenters. The van der Waals surface area contributed by atoms with Gasteiger partial charge in [-0.15, -0.1) is 0 Å². The second kappa shape index (κ2) is 4.32. The summed E-state index contributed by atoms with van der Waals surface area (Å²) >= 11 is 2.20. The number of carbonyl (C=O) groups excluding carboxylic acids is 1. The van der Waals surface area contributed by atoms with Crippen molar-refractivity contribution >= 4 is 39.5 Å². The molecule has 4 nitrogen and oxygen atoms in total. The Morgan fingerprint density at radius 3 is 2.75 bits per heavy atom. The fraction of sp³-hybridized carbons (Fsp3) is 0.182. The highest BCUT2D eigenvalue weighted by molar-refractivity contribution is 14.1. The van der Waals surface area contributed by atoms with Crippen LogP contribution in [-0.2, 0) is 4.74 Å². The fourth-order valence-electron chi connectivity index (χ4n) is 1.56. The van der Waals surface area contributed by atoms with Crippen molar-refractivity contribution in [3.63, 3.8) is 0 Å². The van der Waals surface area contributed by atoms with Gasteiger partial charge in [0.25, 0.3) is 0 Å². The number of nitrogens with one attached hydrogen (secondary N) is 1. The van der Waals surface area contributed by atoms with Gasteiger partial charge in [0.1, 0.15) is 11.4 Å². The van der Waals surface area contributed by atoms with E-state index < -0.39 is 0 Å². The van der Waals surface area contributed by atoms with Gasteiger partial charge in [0.15, 0.2) is 0 Å². The third-order valence-corrected chi connectivity index (χ3v) is 3.23. The van der Waals surface area contributed by atoms with Gasteiger partial charge in [-0.3, -0.25) is 0 Å². The quantitative estimate of drug-likeness (QED) is 0.680. The van der Waals surface area contributed by atoms with Gasteiger partial charge in [0, 0.05) is 8.96 Å². The van der Waals surface area contributed by atoms with E-state index in [1.807, 2.05) is 12.1 Å². The molecular weight excluding hydrogens is 321 g/mol. The molecule has 5 heteroatoms. The molecule has 16 heavy (non-hydrogen) atoms. The molecule has 2 aromatic rings. The highest BCUT2D eigenvalue weighted by atomic mass is 127. The Hall–Kier alpha value is -1.24. The van der Waals surface area contributed by atoms with Crippen LogP contribution in [0.2, 0.25) is 0 Å². The van der Waals surface area contributed by atoms with Crippen molar-refractivity contribution in [3.8, 4) is 5.75 Å². The summed E-state index contributed by atoms with van der Waals surface area (Å²) < 4.78 is 10.9. The highest BCUT2D eigenvalue weighted by Gasteiger charge is 2.13. The number of ether oxygens (including phenoxy) is 2. The topological polar surface area (TPSA) is 51.3 Å². The smallest absolute Gasteiger partial charge is 0.354 e. The Kier molecular flexibility index (Phi) is 3.04. The average molecular weight is 331 g/mol. The second-order valence-electron chi connectivity index (χ2n) is 3.21. The second-order valence-corrected chi connectivity index (χ2v) is 4.38. The molecule has 0 saturated heterocycles. The van der Waals surface area contributed by atoms with Crippen LogP contribution in [0.3, 0.4) is 0 Å². The lowest BCUT2D eigenvalue weighted by Gasteiger charge is -2.01. The summed E-state index contributed by atoms with van der Waals surface area (Å²) in [6.07, 6.45) is 0. The number of esters is 1. The van der Waals surface area contributed by atoms with Gasteiger partial charge in [0.2, 0.25) is 0 Å². The Balaban J connectivity index is 2.68. The maximum Gasteiger partial charge on any atom is 0.354 e. The summed E-state index contributed by atoms with van der Waals surface area (Å²) in [7, 11) is 2.96. The van der Waals surface area contributed by atoms with Gasteiger partial charge in [-0.2, -0.15) is 0 Å². The van der Waals surface area contributed by atoms with Crippen molar-refractivity contribution < 1.29 is 14.3 Å². The molecule has 84 valence electrons. The number of fused-ring (bicyclic) bond motifs is 1. The molecule has 0 aliphatic carbocycles. The molecule has 0 amide bonds. The minimum Gasteiger partial charge on any atom is -0.496 e. The van der Waals surface area contributed by atoms with Gasteiger partial charge in [-0.05, 0) is 40.8 Å². The van der Waals surface area contributed by atoms with Crippen molar-refractivity contribution in [1.82, 2.24) is 4.98 Å². The normalized spacial score (nSPS) is 10.4. The zero-order valence-corrected chi connectivity index (χ0v) is 11.0. The molecule has 2 rings (SSSR count). The first-order valence-corrected chi connectivity index (χ1v) is 5.68. The van der Waals surface area contributed by atoms with Crippen molar-refractivity contribution in [1.29, 1.82) is 0 Å². The molecule has 0 aliphatic heterocycles. The largest absolute Gasteiger partial charge is 0.496 e. The van der Waals surface area contributed by atoms with E-state index in [-0.39, 0.29) is 5.97 Å². The molecule has 1 N–H and O–H groups in total. The minimum absolute atomic E-state index is 0.381. The average Bonchev–Trinajstić information content (AvgIpc) is 2.74. The fourth-order valence-corrected chi connectivity index (χ4v) is 2.16. The number of benzene rings is 1. The number of hydrogen-bond donors (Lipinski definition) is 1. The molecule has 1 heterocycles. The van der Waals surface area contributed by atoms with Gasteiger partial charge in [-0.25, -0.2) is 4.79 Å². The summed E-state index contributed by atoms with van der Waals surface area (Å²) in [5.41, 5.74) is 1.32. The Morgan fingerprint density at radius 2 is 2.12 bits per heavy atom. The monoisotopic (exact) mass is 331 g/mol. The van der Waals surface area contributed by atoms with Crippen molar-refractivity contribution in [3.05, 3.63) is 27.5 Å². The summed E-state index contributed by atoms with van der Waals surface area (Å²) in [5.74, 6) is 0.357. The van der Waals surface area contributed by atoms with E-state index in [0.29, 0.717) is 5.69 Å². The van der Waals surface area contributed by atoms with E-state index in [9.17, 15) is 4.79 Å². The van der Waals surface area contributed by atoms with Gasteiger partial charge in [-0.1, -0.05) is 0 Å². The van der Waals surface area contributed by atoms with Crippen LogP contribution < -0.4 is 4.74 Å². The molecule has 0 radical (unpaired) electrons. The predicted molar refractivity (Wildman–Crippen MR) is 68.9 cm³/mol. The van der Waals surface area contributed by atoms with Gasteiger partial charge < -0.3 is 14.5 Å². The zero-order valence-electron chi connectivity index (χ0n) is 8.83. The summed E-state index contributed by atoms with van der Waals surface area (Å²) in [6.45, 7) is 0. The number of H-pyrrole nitrogens is 1. The number of hydrogen-bond acceptors (Lipinski definition) is 3. The molecule has 0 aliphatic rings. The van der Waals surface area contributed by atoms with Crippen LogP contribution >= 0.6 is 22.6 Å². The molecular formula is C11H10INO3. The van der Waals surface area contributed by atoms with Crippen LogP contribution in [0.15, 0.2) is 18.2 Å². The van der Waals surface area contributed by atoms with Gasteiger partial charge >= 0.3 is 5.97 Å². The lowest BCUT2D eigenvalue weighted by atomic mass is 10.2. The zero-order chi connectivity index (χ0) is 11.7. The van der Waals surface area contributed by atoms with E-state index in [0.717, 1.165) is 20.2 Å². The predicted octanol–water partition coefficient (Wildman–Crippen LogP) is 2.57. The highest BCUT2D eigenvalue weighted by Crippen LogP contribution is 2.30. The lowest BCUT2D eigenvalue weighted by molar-refractivity contribution is 0.0595. The number of aromatic amines is 1. The van der Waals surface area contributed by atoms with Crippen molar-refractivity contribution in [2.75, 3.05) is 14.2 Å². The number of rotatable bonds is 2. The number of halogens is 1. The van der Waals surface area contributed by atoms with Crippen LogP contribution in [-0.4, -0.2) is 25.2 Å². The summed E-state index contributed by atoms with van der Waals surface area (Å²) in [4.78, 5) is 14.4. The lowest BCUT2D eigenvalue weighted by Crippen LogP contribution is -2.00. The first-order valence-electron chi connectivity index (χ1n) is 4.61. The van der Waals surface area contributed by atoms with Crippen LogP contribution in [0.1, 0.15) is 10.5 Å². The van der Waals surface area contributed by atoms with E-state index in [4.69, 9.17) is 4.74 Å². The molecule has 1 aromatic carbocycles. The Morgan fingerprint density at radius 1 is 1.38 bits per heavy atom. The van der Waals surface area contributed by atoms with E-state index in [2.05, 4.69) is 32.3 Å². The molecule has 0 atom stereocenters. The molecule has 0 saturated carbocycles. The van der Waals surface area contributed by atoms with Crippen LogP contribution in [0.5, 0.6) is 5.75 Å².